The number of allylic oxidation sites excluding steroid dienone is 1. The second-order valence-electron chi connectivity index (χ2n) is 11.6. The van der Waals surface area contributed by atoms with Crippen molar-refractivity contribution in [3.05, 3.63) is 80.3 Å². The van der Waals surface area contributed by atoms with Gasteiger partial charge >= 0.3 is 0 Å². The van der Waals surface area contributed by atoms with Crippen molar-refractivity contribution in [3.8, 4) is 0 Å². The van der Waals surface area contributed by atoms with Crippen LogP contribution in [-0.2, 0) is 10.3 Å². The standard InChI is InChI=1S/C31H40Cl2N4O2S/c1-19(2)26-27(29(39)36(20(3)4)17-16-25(38)18-35(6)7)40-30-34-31(5,22-10-14-24(33)15-11-22)28(37(26)30)21-8-12-23(32)13-9-21/h8-15,19-20,25,28,38H,16-18H2,1-7H3/t25-,28+,31-/m0/s1. The fourth-order valence-electron chi connectivity index (χ4n) is 5.59. The highest BCUT2D eigenvalue weighted by molar-refractivity contribution is 8.18. The third-order valence-electron chi connectivity index (χ3n) is 7.53. The minimum atomic E-state index is -0.608. The van der Waals surface area contributed by atoms with Crippen LogP contribution in [0.5, 0.6) is 0 Å². The number of amides is 1. The van der Waals surface area contributed by atoms with Gasteiger partial charge in [0.25, 0.3) is 5.91 Å². The third-order valence-corrected chi connectivity index (χ3v) is 9.09. The third kappa shape index (κ3) is 6.24. The highest BCUT2D eigenvalue weighted by Gasteiger charge is 2.53. The van der Waals surface area contributed by atoms with E-state index >= 15 is 0 Å². The van der Waals surface area contributed by atoms with Gasteiger partial charge in [0.05, 0.1) is 12.1 Å². The van der Waals surface area contributed by atoms with Gasteiger partial charge in [0.2, 0.25) is 0 Å². The summed E-state index contributed by atoms with van der Waals surface area (Å²) < 4.78 is 0. The summed E-state index contributed by atoms with van der Waals surface area (Å²) in [5, 5.41) is 12.7. The zero-order valence-corrected chi connectivity index (χ0v) is 26.7. The van der Waals surface area contributed by atoms with Crippen molar-refractivity contribution in [2.24, 2.45) is 10.9 Å². The van der Waals surface area contributed by atoms with Gasteiger partial charge < -0.3 is 19.8 Å². The van der Waals surface area contributed by atoms with Crippen molar-refractivity contribution in [1.82, 2.24) is 14.7 Å². The number of hydrogen-bond donors (Lipinski definition) is 1. The van der Waals surface area contributed by atoms with Crippen LogP contribution in [0.25, 0.3) is 0 Å². The van der Waals surface area contributed by atoms with Crippen LogP contribution in [0.15, 0.2) is 64.1 Å². The molecule has 4 rings (SSSR count). The van der Waals surface area contributed by atoms with Crippen molar-refractivity contribution < 1.29 is 9.90 Å². The number of aliphatic hydroxyl groups excluding tert-OH is 1. The first kappa shape index (κ1) is 30.9. The zero-order chi connectivity index (χ0) is 29.4. The van der Waals surface area contributed by atoms with E-state index in [2.05, 4.69) is 37.8 Å². The topological polar surface area (TPSA) is 59.4 Å². The molecule has 0 saturated carbocycles. The summed E-state index contributed by atoms with van der Waals surface area (Å²) >= 11 is 14.0. The first-order valence-corrected chi connectivity index (χ1v) is 15.4. The molecule has 40 heavy (non-hydrogen) atoms. The Balaban J connectivity index is 1.76. The average molecular weight is 604 g/mol. The Labute approximate surface area is 253 Å². The number of carbonyl (C=O) groups excluding carboxylic acids is 1. The van der Waals surface area contributed by atoms with E-state index in [0.29, 0.717) is 34.5 Å². The number of carbonyl (C=O) groups is 1. The molecule has 2 aliphatic rings. The first-order valence-electron chi connectivity index (χ1n) is 13.8. The number of hydrogen-bond acceptors (Lipinski definition) is 6. The van der Waals surface area contributed by atoms with Crippen LogP contribution >= 0.6 is 35.0 Å². The molecule has 2 aliphatic heterocycles. The number of halogens is 2. The Bertz CT molecular complexity index is 1280. The lowest BCUT2D eigenvalue weighted by atomic mass is 9.81. The van der Waals surface area contributed by atoms with Crippen LogP contribution in [0.3, 0.4) is 0 Å². The molecule has 1 N–H and O–H groups in total. The maximum Gasteiger partial charge on any atom is 0.262 e. The summed E-state index contributed by atoms with van der Waals surface area (Å²) in [5.74, 6) is 0.0655. The number of benzene rings is 2. The van der Waals surface area contributed by atoms with Crippen molar-refractivity contribution in [1.29, 1.82) is 0 Å². The fraction of sp³-hybridized carbons (Fsp3) is 0.484. The SMILES string of the molecule is CC(C)C1=C(C(=O)N(CC[C@H](O)CN(C)C)C(C)C)SC2=N[C@@](C)(c3ccc(Cl)cc3)[C@@H](c3ccc(Cl)cc3)N21. The lowest BCUT2D eigenvalue weighted by Gasteiger charge is -2.37. The molecule has 2 heterocycles. The van der Waals surface area contributed by atoms with Crippen LogP contribution in [0.1, 0.15) is 58.2 Å². The number of amidine groups is 1. The van der Waals surface area contributed by atoms with Gasteiger partial charge in [0.15, 0.2) is 5.17 Å². The summed E-state index contributed by atoms with van der Waals surface area (Å²) in [5.41, 5.74) is 2.49. The van der Waals surface area contributed by atoms with Crippen LogP contribution in [0.4, 0.5) is 0 Å². The number of aliphatic imine (C=N–C) groups is 1. The minimum Gasteiger partial charge on any atom is -0.392 e. The Morgan fingerprint density at radius 2 is 1.62 bits per heavy atom. The van der Waals surface area contributed by atoms with Crippen LogP contribution in [-0.4, -0.2) is 70.2 Å². The van der Waals surface area contributed by atoms with Gasteiger partial charge in [0.1, 0.15) is 10.4 Å². The molecular formula is C31H40Cl2N4O2S. The van der Waals surface area contributed by atoms with Gasteiger partial charge in [-0.05, 0) is 94.4 Å². The van der Waals surface area contributed by atoms with E-state index in [1.54, 1.807) is 0 Å². The molecule has 0 fully saturated rings. The molecule has 216 valence electrons. The second kappa shape index (κ2) is 12.5. The molecule has 0 saturated heterocycles. The van der Waals surface area contributed by atoms with Crippen molar-refractivity contribution >= 4 is 46.0 Å². The fourth-order valence-corrected chi connectivity index (χ4v) is 7.21. The maximum absolute atomic E-state index is 14.2. The Morgan fingerprint density at radius 1 is 1.05 bits per heavy atom. The highest BCUT2D eigenvalue weighted by Crippen LogP contribution is 2.56. The average Bonchev–Trinajstić information content (AvgIpc) is 3.37. The summed E-state index contributed by atoms with van der Waals surface area (Å²) in [6, 6.07) is 15.6. The predicted molar refractivity (Wildman–Crippen MR) is 168 cm³/mol. The molecule has 0 aliphatic carbocycles. The molecule has 9 heteroatoms. The maximum atomic E-state index is 14.2. The quantitative estimate of drug-likeness (QED) is 0.324. The van der Waals surface area contributed by atoms with Gasteiger partial charge in [-0.15, -0.1) is 0 Å². The Kier molecular flexibility index (Phi) is 9.63. The largest absolute Gasteiger partial charge is 0.392 e. The summed E-state index contributed by atoms with van der Waals surface area (Å²) in [6.45, 7) is 11.5. The molecule has 2 aromatic carbocycles. The van der Waals surface area contributed by atoms with E-state index in [4.69, 9.17) is 28.2 Å². The molecule has 2 aromatic rings. The van der Waals surface area contributed by atoms with E-state index in [9.17, 15) is 9.90 Å². The lowest BCUT2D eigenvalue weighted by Crippen LogP contribution is -2.41. The number of rotatable bonds is 10. The number of nitrogens with zero attached hydrogens (tertiary/aromatic N) is 4. The van der Waals surface area contributed by atoms with Crippen LogP contribution in [0, 0.1) is 5.92 Å². The number of thioether (sulfide) groups is 1. The van der Waals surface area contributed by atoms with E-state index in [1.807, 2.05) is 74.1 Å². The molecule has 0 unspecified atom stereocenters. The molecule has 0 spiro atoms. The Hall–Kier alpha value is -2.03. The molecule has 1 amide bonds. The molecule has 0 radical (unpaired) electrons. The van der Waals surface area contributed by atoms with Crippen LogP contribution < -0.4 is 0 Å². The van der Waals surface area contributed by atoms with Gasteiger partial charge in [-0.25, -0.2) is 4.99 Å². The highest BCUT2D eigenvalue weighted by atomic mass is 35.5. The molecule has 3 atom stereocenters. The van der Waals surface area contributed by atoms with Crippen molar-refractivity contribution in [3.63, 3.8) is 0 Å². The van der Waals surface area contributed by atoms with Crippen molar-refractivity contribution in [2.45, 2.75) is 64.8 Å². The van der Waals surface area contributed by atoms with Gasteiger partial charge in [-0.3, -0.25) is 4.79 Å². The van der Waals surface area contributed by atoms with E-state index in [-0.39, 0.29) is 23.9 Å². The van der Waals surface area contributed by atoms with Gasteiger partial charge in [0, 0.05) is 34.9 Å². The minimum absolute atomic E-state index is 0.00987. The number of likely N-dealkylation sites (N-methyl/N-ethyl adjacent to an activating group) is 1. The normalized spacial score (nSPS) is 21.5. The molecular weight excluding hydrogens is 563 g/mol. The summed E-state index contributed by atoms with van der Waals surface area (Å²) in [6.07, 6.45) is 0.0183. The van der Waals surface area contributed by atoms with E-state index < -0.39 is 11.6 Å². The predicted octanol–water partition coefficient (Wildman–Crippen LogP) is 6.79. The van der Waals surface area contributed by atoms with E-state index in [0.717, 1.165) is 22.0 Å². The number of fused-ring (bicyclic) bond motifs is 1. The molecule has 0 bridgehead atoms. The van der Waals surface area contributed by atoms with Gasteiger partial charge in [-0.2, -0.15) is 0 Å². The van der Waals surface area contributed by atoms with Crippen molar-refractivity contribution in [2.75, 3.05) is 27.2 Å². The van der Waals surface area contributed by atoms with E-state index in [1.165, 1.54) is 11.8 Å². The summed E-state index contributed by atoms with van der Waals surface area (Å²) in [7, 11) is 3.87. The second-order valence-corrected chi connectivity index (χ2v) is 13.5. The zero-order valence-electron chi connectivity index (χ0n) is 24.4. The molecule has 0 aromatic heterocycles. The summed E-state index contributed by atoms with van der Waals surface area (Å²) in [4.78, 5) is 26.3. The lowest BCUT2D eigenvalue weighted by molar-refractivity contribution is -0.128. The van der Waals surface area contributed by atoms with Gasteiger partial charge in [-0.1, -0.05) is 61.3 Å². The monoisotopic (exact) mass is 602 g/mol. The first-order chi connectivity index (χ1) is 18.8. The number of aliphatic hydroxyl groups is 1. The molecule has 6 nitrogen and oxygen atoms in total. The smallest absolute Gasteiger partial charge is 0.262 e. The Morgan fingerprint density at radius 3 is 2.15 bits per heavy atom. The van der Waals surface area contributed by atoms with Crippen LogP contribution in [0.2, 0.25) is 10.0 Å².